The van der Waals surface area contributed by atoms with Gasteiger partial charge < -0.3 is 9.79 Å². The zero-order chi connectivity index (χ0) is 15.6. The van der Waals surface area contributed by atoms with Crippen LogP contribution in [0.2, 0.25) is 0 Å². The van der Waals surface area contributed by atoms with Crippen LogP contribution in [0.1, 0.15) is 51.4 Å². The van der Waals surface area contributed by atoms with Crippen LogP contribution in [-0.4, -0.2) is 22.1 Å². The lowest BCUT2D eigenvalue weighted by atomic mass is 9.82. The molecule has 0 aromatic carbocycles. The topological polar surface area (TPSA) is 57.5 Å². The van der Waals surface area contributed by atoms with Crippen LogP contribution in [0, 0.1) is 11.8 Å². The summed E-state index contributed by atoms with van der Waals surface area (Å²) in [5.41, 5.74) is 0. The Labute approximate surface area is 122 Å². The Morgan fingerprint density at radius 3 is 1.71 bits per heavy atom. The minimum atomic E-state index is -4.93. The van der Waals surface area contributed by atoms with E-state index in [1.807, 2.05) is 0 Å². The highest BCUT2D eigenvalue weighted by molar-refractivity contribution is 7.56. The smallest absolute Gasteiger partial charge is 0.321 e. The summed E-state index contributed by atoms with van der Waals surface area (Å²) in [5.74, 6) is -3.34. The van der Waals surface area contributed by atoms with E-state index in [2.05, 4.69) is 0 Å². The van der Waals surface area contributed by atoms with Crippen LogP contribution in [0.15, 0.2) is 11.1 Å². The van der Waals surface area contributed by atoms with E-state index in [1.54, 1.807) is 0 Å². The number of halogens is 3. The average molecular weight is 326 g/mol. The van der Waals surface area contributed by atoms with Crippen LogP contribution < -0.4 is 0 Å². The lowest BCUT2D eigenvalue weighted by molar-refractivity contribution is 0.159. The van der Waals surface area contributed by atoms with E-state index in [9.17, 15) is 27.5 Å². The maximum Gasteiger partial charge on any atom is 0.355 e. The summed E-state index contributed by atoms with van der Waals surface area (Å²) in [7, 11) is -4.93. The third-order valence-electron chi connectivity index (χ3n) is 4.60. The Kier molecular flexibility index (Phi) is 5.55. The van der Waals surface area contributed by atoms with Gasteiger partial charge in [0, 0.05) is 11.8 Å². The molecular formula is C14H22F3O3P. The van der Waals surface area contributed by atoms with E-state index in [0.717, 1.165) is 0 Å². The summed E-state index contributed by atoms with van der Waals surface area (Å²) in [4.78, 5) is 18.9. The van der Waals surface area contributed by atoms with Gasteiger partial charge in [-0.05, 0) is 25.7 Å². The van der Waals surface area contributed by atoms with Crippen molar-refractivity contribution in [2.75, 3.05) is 0 Å². The molecule has 0 heterocycles. The fourth-order valence-corrected chi connectivity index (χ4v) is 4.65. The highest BCUT2D eigenvalue weighted by atomic mass is 31.2. The molecule has 4 atom stereocenters. The Morgan fingerprint density at radius 2 is 1.29 bits per heavy atom. The van der Waals surface area contributed by atoms with Crippen molar-refractivity contribution in [1.82, 2.24) is 0 Å². The fourth-order valence-electron chi connectivity index (χ4n) is 3.49. The summed E-state index contributed by atoms with van der Waals surface area (Å²) >= 11 is 0. The lowest BCUT2D eigenvalue weighted by Gasteiger charge is -2.32. The second kappa shape index (κ2) is 6.84. The number of alkyl halides is 2. The molecule has 0 bridgehead atoms. The Hall–Kier alpha value is -0.320. The van der Waals surface area contributed by atoms with Crippen LogP contribution in [-0.2, 0) is 4.57 Å². The van der Waals surface area contributed by atoms with Gasteiger partial charge in [0.15, 0.2) is 0 Å². The third kappa shape index (κ3) is 3.91. The van der Waals surface area contributed by atoms with E-state index in [0.29, 0.717) is 25.7 Å². The zero-order valence-corrected chi connectivity index (χ0v) is 12.7. The molecule has 21 heavy (non-hydrogen) atoms. The molecule has 0 saturated heterocycles. The molecule has 0 aliphatic heterocycles. The van der Waals surface area contributed by atoms with Crippen LogP contribution in [0.3, 0.4) is 0 Å². The van der Waals surface area contributed by atoms with Gasteiger partial charge in [-0.2, -0.15) is 0 Å². The first-order valence-electron chi connectivity index (χ1n) is 7.56. The van der Waals surface area contributed by atoms with Crippen LogP contribution in [0.25, 0.3) is 0 Å². The van der Waals surface area contributed by atoms with Crippen molar-refractivity contribution in [3.63, 3.8) is 0 Å². The van der Waals surface area contributed by atoms with Crippen LogP contribution in [0.4, 0.5) is 13.2 Å². The Morgan fingerprint density at radius 1 is 0.857 bits per heavy atom. The fraction of sp³-hybridized carbons (Fsp3) is 0.857. The molecule has 122 valence electrons. The largest absolute Gasteiger partial charge is 0.355 e. The molecule has 3 nitrogen and oxygen atoms in total. The minimum absolute atomic E-state index is 0.172. The van der Waals surface area contributed by atoms with E-state index < -0.39 is 42.9 Å². The van der Waals surface area contributed by atoms with Crippen LogP contribution >= 0.6 is 7.60 Å². The summed E-state index contributed by atoms with van der Waals surface area (Å²) in [6.07, 6.45) is 0.382. The van der Waals surface area contributed by atoms with E-state index in [4.69, 9.17) is 0 Å². The van der Waals surface area contributed by atoms with Gasteiger partial charge in [-0.25, -0.2) is 13.2 Å². The van der Waals surface area contributed by atoms with Gasteiger partial charge in [-0.15, -0.1) is 0 Å². The van der Waals surface area contributed by atoms with Gasteiger partial charge in [0.1, 0.15) is 18.2 Å². The van der Waals surface area contributed by atoms with Gasteiger partial charge in [-0.3, -0.25) is 4.57 Å². The number of allylic oxidation sites excluding steroid dienone is 2. The first-order valence-corrected chi connectivity index (χ1v) is 9.17. The van der Waals surface area contributed by atoms with E-state index in [-0.39, 0.29) is 25.7 Å². The third-order valence-corrected chi connectivity index (χ3v) is 5.77. The molecule has 0 amide bonds. The normalized spacial score (nSPS) is 36.2. The molecular weight excluding hydrogens is 304 g/mol. The van der Waals surface area contributed by atoms with Gasteiger partial charge >= 0.3 is 7.60 Å². The predicted octanol–water partition coefficient (Wildman–Crippen LogP) is 4.40. The molecule has 0 aromatic heterocycles. The van der Waals surface area contributed by atoms with Crippen molar-refractivity contribution in [3.05, 3.63) is 11.1 Å². The standard InChI is InChI=1S/C14H22F3O3P/c15-11-7-3-1-5-9(11)13(17)14(21(18,19)20)10-6-2-4-8-12(10)16/h9-12H,1-8H2,(H2,18,19,20). The van der Waals surface area contributed by atoms with Gasteiger partial charge in [0.05, 0.1) is 5.31 Å². The van der Waals surface area contributed by atoms with E-state index in [1.165, 1.54) is 0 Å². The number of hydrogen-bond acceptors (Lipinski definition) is 1. The maximum absolute atomic E-state index is 14.6. The summed E-state index contributed by atoms with van der Waals surface area (Å²) < 4.78 is 54.2. The van der Waals surface area contributed by atoms with Gasteiger partial charge in [0.2, 0.25) is 0 Å². The van der Waals surface area contributed by atoms with Gasteiger partial charge in [0.25, 0.3) is 0 Å². The molecule has 7 heteroatoms. The molecule has 0 radical (unpaired) electrons. The first-order chi connectivity index (χ1) is 9.82. The zero-order valence-electron chi connectivity index (χ0n) is 11.9. The molecule has 2 aliphatic rings. The SMILES string of the molecule is O=P(O)(O)C(=C(F)C1CCCCC1F)C1CCCCC1F. The van der Waals surface area contributed by atoms with Crippen molar-refractivity contribution in [2.24, 2.45) is 11.8 Å². The van der Waals surface area contributed by atoms with Crippen molar-refractivity contribution >= 4 is 7.60 Å². The highest BCUT2D eigenvalue weighted by Gasteiger charge is 2.42. The molecule has 2 saturated carbocycles. The minimum Gasteiger partial charge on any atom is -0.321 e. The first kappa shape index (κ1) is 17.0. The van der Waals surface area contributed by atoms with Crippen molar-refractivity contribution < 1.29 is 27.5 Å². The monoisotopic (exact) mass is 326 g/mol. The summed E-state index contributed by atoms with van der Waals surface area (Å²) in [5, 5.41) is -0.774. The Balaban J connectivity index is 2.38. The number of rotatable bonds is 3. The second-order valence-electron chi connectivity index (χ2n) is 6.09. The number of hydrogen-bond donors (Lipinski definition) is 2. The molecule has 2 rings (SSSR count). The Bertz CT molecular complexity index is 449. The van der Waals surface area contributed by atoms with Gasteiger partial charge in [-0.1, -0.05) is 25.7 Å². The molecule has 2 aliphatic carbocycles. The van der Waals surface area contributed by atoms with Crippen LogP contribution in [0.5, 0.6) is 0 Å². The molecule has 2 fully saturated rings. The maximum atomic E-state index is 14.6. The summed E-state index contributed by atoms with van der Waals surface area (Å²) in [6.45, 7) is 0. The predicted molar refractivity (Wildman–Crippen MR) is 73.9 cm³/mol. The average Bonchev–Trinajstić information content (AvgIpc) is 2.40. The quantitative estimate of drug-likeness (QED) is 0.756. The highest BCUT2D eigenvalue weighted by Crippen LogP contribution is 2.56. The van der Waals surface area contributed by atoms with Crippen molar-refractivity contribution in [3.8, 4) is 0 Å². The second-order valence-corrected chi connectivity index (χ2v) is 7.66. The molecule has 0 spiro atoms. The molecule has 0 aromatic rings. The van der Waals surface area contributed by atoms with Crippen molar-refractivity contribution in [1.29, 1.82) is 0 Å². The lowest BCUT2D eigenvalue weighted by Crippen LogP contribution is -2.27. The molecule has 4 unspecified atom stereocenters. The van der Waals surface area contributed by atoms with E-state index >= 15 is 0 Å². The summed E-state index contributed by atoms with van der Waals surface area (Å²) in [6, 6.07) is 0. The molecule has 2 N–H and O–H groups in total. The van der Waals surface area contributed by atoms with Crippen molar-refractivity contribution in [2.45, 2.75) is 63.7 Å².